The summed E-state index contributed by atoms with van der Waals surface area (Å²) in [5, 5.41) is 9.67. The van der Waals surface area contributed by atoms with Crippen LogP contribution in [-0.4, -0.2) is 17.0 Å². The Balaban J connectivity index is 1.75. The van der Waals surface area contributed by atoms with Crippen LogP contribution in [0.25, 0.3) is 0 Å². The second-order valence-corrected chi connectivity index (χ2v) is 7.95. The van der Waals surface area contributed by atoms with Crippen molar-refractivity contribution >= 4 is 11.9 Å². The Morgan fingerprint density at radius 1 is 1.36 bits per heavy atom. The Hall–Kier alpha value is -2.30. The van der Waals surface area contributed by atoms with Crippen molar-refractivity contribution in [3.8, 4) is 0 Å². The number of aliphatic carboxylic acids is 1. The molecule has 2 aliphatic carbocycles. The van der Waals surface area contributed by atoms with Gasteiger partial charge in [-0.1, -0.05) is 32.1 Å². The first-order chi connectivity index (χ1) is 11.9. The van der Waals surface area contributed by atoms with Gasteiger partial charge in [-0.25, -0.2) is 4.79 Å². The molecule has 1 aromatic heterocycles. The molecule has 4 rings (SSSR count). The summed E-state index contributed by atoms with van der Waals surface area (Å²) < 4.78 is 10.9. The summed E-state index contributed by atoms with van der Waals surface area (Å²) in [4.78, 5) is 24.5. The number of rotatable bonds is 2. The number of hydrogen-bond donors (Lipinski definition) is 1. The lowest BCUT2D eigenvalue weighted by atomic mass is 9.47. The van der Waals surface area contributed by atoms with Crippen molar-refractivity contribution in [2.24, 2.45) is 22.7 Å². The highest BCUT2D eigenvalue weighted by Gasteiger charge is 2.60. The highest BCUT2D eigenvalue weighted by molar-refractivity contribution is 5.89. The van der Waals surface area contributed by atoms with E-state index in [1.54, 1.807) is 18.6 Å². The van der Waals surface area contributed by atoms with Crippen molar-refractivity contribution in [2.45, 2.75) is 39.2 Å². The van der Waals surface area contributed by atoms with Crippen molar-refractivity contribution < 1.29 is 23.8 Å². The molecular weight excluding hydrogens is 320 g/mol. The van der Waals surface area contributed by atoms with Crippen LogP contribution in [0.15, 0.2) is 46.8 Å². The van der Waals surface area contributed by atoms with Crippen LogP contribution in [0.1, 0.15) is 44.8 Å². The van der Waals surface area contributed by atoms with Crippen molar-refractivity contribution in [1.29, 1.82) is 0 Å². The second-order valence-electron chi connectivity index (χ2n) is 7.95. The molecule has 0 aromatic carbocycles. The number of hydrogen-bond acceptors (Lipinski definition) is 4. The summed E-state index contributed by atoms with van der Waals surface area (Å²) in [7, 11) is 0. The Kier molecular flexibility index (Phi) is 3.46. The summed E-state index contributed by atoms with van der Waals surface area (Å²) in [5.41, 5.74) is 0.479. The number of furan rings is 1. The Bertz CT molecular complexity index is 774. The molecule has 1 aromatic rings. The van der Waals surface area contributed by atoms with Crippen LogP contribution < -0.4 is 0 Å². The van der Waals surface area contributed by atoms with E-state index in [1.165, 1.54) is 0 Å². The molecule has 3 aliphatic rings. The van der Waals surface area contributed by atoms with Crippen LogP contribution in [0.3, 0.4) is 0 Å². The minimum Gasteiger partial charge on any atom is -0.478 e. The van der Waals surface area contributed by atoms with Crippen LogP contribution in [0.2, 0.25) is 0 Å². The number of allylic oxidation sites excluding steroid dienone is 3. The van der Waals surface area contributed by atoms with E-state index in [2.05, 4.69) is 13.0 Å². The molecule has 1 aliphatic heterocycles. The zero-order valence-electron chi connectivity index (χ0n) is 14.4. The van der Waals surface area contributed by atoms with E-state index in [-0.39, 0.29) is 29.3 Å². The van der Waals surface area contributed by atoms with Crippen molar-refractivity contribution in [3.63, 3.8) is 0 Å². The van der Waals surface area contributed by atoms with E-state index in [0.717, 1.165) is 5.56 Å². The van der Waals surface area contributed by atoms with E-state index in [4.69, 9.17) is 9.15 Å². The van der Waals surface area contributed by atoms with Gasteiger partial charge in [0, 0.05) is 16.6 Å². The van der Waals surface area contributed by atoms with E-state index < -0.39 is 11.4 Å². The SMILES string of the molecule is CC12CCC3C(=O)OC(c4ccoc4)CC3(C)C1C=CC=C2C(=O)O. The number of ether oxygens (including phenoxy) is 1. The van der Waals surface area contributed by atoms with Crippen LogP contribution in [0, 0.1) is 22.7 Å². The smallest absolute Gasteiger partial charge is 0.332 e. The van der Waals surface area contributed by atoms with Gasteiger partial charge in [-0.2, -0.15) is 0 Å². The van der Waals surface area contributed by atoms with Gasteiger partial charge in [-0.15, -0.1) is 0 Å². The summed E-state index contributed by atoms with van der Waals surface area (Å²) in [6, 6.07) is 1.82. The summed E-state index contributed by atoms with van der Waals surface area (Å²) in [6.45, 7) is 4.14. The normalized spacial score (nSPS) is 39.8. The average Bonchev–Trinajstić information content (AvgIpc) is 3.07. The first-order valence-corrected chi connectivity index (χ1v) is 8.71. The number of fused-ring (bicyclic) bond motifs is 3. The molecule has 1 saturated carbocycles. The lowest BCUT2D eigenvalue weighted by Crippen LogP contribution is -2.55. The Labute approximate surface area is 146 Å². The minimum absolute atomic E-state index is 0.0166. The quantitative estimate of drug-likeness (QED) is 0.825. The molecule has 0 amide bonds. The fourth-order valence-corrected chi connectivity index (χ4v) is 5.34. The number of carbonyl (C=O) groups is 2. The fraction of sp³-hybridized carbons (Fsp3) is 0.500. The first kappa shape index (κ1) is 16.2. The largest absolute Gasteiger partial charge is 0.478 e. The van der Waals surface area contributed by atoms with Gasteiger partial charge in [0.15, 0.2) is 0 Å². The molecule has 0 spiro atoms. The molecule has 132 valence electrons. The molecule has 0 bridgehead atoms. The van der Waals surface area contributed by atoms with Crippen molar-refractivity contribution in [2.75, 3.05) is 0 Å². The molecule has 25 heavy (non-hydrogen) atoms. The van der Waals surface area contributed by atoms with Crippen LogP contribution >= 0.6 is 0 Å². The molecule has 1 N–H and O–H groups in total. The second kappa shape index (κ2) is 5.35. The maximum Gasteiger partial charge on any atom is 0.332 e. The average molecular weight is 342 g/mol. The van der Waals surface area contributed by atoms with Gasteiger partial charge >= 0.3 is 11.9 Å². The fourth-order valence-electron chi connectivity index (χ4n) is 5.34. The predicted octanol–water partition coefficient (Wildman–Crippen LogP) is 3.89. The third-order valence-corrected chi connectivity index (χ3v) is 6.64. The van der Waals surface area contributed by atoms with Gasteiger partial charge in [0.05, 0.1) is 18.4 Å². The highest BCUT2D eigenvalue weighted by Crippen LogP contribution is 2.63. The first-order valence-electron chi connectivity index (χ1n) is 8.71. The number of cyclic esters (lactones) is 1. The number of carbonyl (C=O) groups excluding carboxylic acids is 1. The van der Waals surface area contributed by atoms with Gasteiger partial charge in [0.2, 0.25) is 0 Å². The van der Waals surface area contributed by atoms with Crippen LogP contribution in [0.4, 0.5) is 0 Å². The van der Waals surface area contributed by atoms with Gasteiger partial charge in [0.25, 0.3) is 0 Å². The summed E-state index contributed by atoms with van der Waals surface area (Å²) >= 11 is 0. The molecule has 2 heterocycles. The maximum absolute atomic E-state index is 12.7. The summed E-state index contributed by atoms with van der Waals surface area (Å²) in [5.74, 6) is -1.27. The van der Waals surface area contributed by atoms with Crippen LogP contribution in [0.5, 0.6) is 0 Å². The standard InChI is InChI=1S/C20H22O5/c1-19-8-6-14-18(23)25-15(12-7-9-24-11-12)10-20(14,2)16(19)5-3-4-13(19)17(21)22/h3-5,7,9,11,14-16H,6,8,10H2,1-2H3,(H,21,22). The minimum atomic E-state index is -0.872. The van der Waals surface area contributed by atoms with Crippen molar-refractivity contribution in [1.82, 2.24) is 0 Å². The molecule has 5 atom stereocenters. The van der Waals surface area contributed by atoms with Gasteiger partial charge in [0.1, 0.15) is 6.10 Å². The number of carboxylic acid groups (broad SMARTS) is 1. The molecule has 5 nitrogen and oxygen atoms in total. The van der Waals surface area contributed by atoms with Crippen molar-refractivity contribution in [3.05, 3.63) is 48.0 Å². The topological polar surface area (TPSA) is 76.7 Å². The zero-order chi connectivity index (χ0) is 17.8. The highest BCUT2D eigenvalue weighted by atomic mass is 16.5. The van der Waals surface area contributed by atoms with Crippen LogP contribution in [-0.2, 0) is 14.3 Å². The van der Waals surface area contributed by atoms with E-state index in [9.17, 15) is 14.7 Å². The predicted molar refractivity (Wildman–Crippen MR) is 89.4 cm³/mol. The zero-order valence-corrected chi connectivity index (χ0v) is 14.4. The van der Waals surface area contributed by atoms with Gasteiger partial charge < -0.3 is 14.3 Å². The maximum atomic E-state index is 12.7. The molecule has 5 unspecified atom stereocenters. The lowest BCUT2D eigenvalue weighted by Gasteiger charge is -2.57. The molecule has 2 fully saturated rings. The van der Waals surface area contributed by atoms with Gasteiger partial charge in [-0.05, 0) is 36.7 Å². The van der Waals surface area contributed by atoms with E-state index in [0.29, 0.717) is 24.8 Å². The third kappa shape index (κ3) is 2.21. The number of carboxylic acids is 1. The third-order valence-electron chi connectivity index (χ3n) is 6.64. The monoisotopic (exact) mass is 342 g/mol. The van der Waals surface area contributed by atoms with E-state index in [1.807, 2.05) is 19.1 Å². The Morgan fingerprint density at radius 3 is 2.84 bits per heavy atom. The summed E-state index contributed by atoms with van der Waals surface area (Å²) in [6.07, 6.45) is 10.5. The van der Waals surface area contributed by atoms with Gasteiger partial charge in [-0.3, -0.25) is 4.79 Å². The molecule has 1 saturated heterocycles. The molecule has 0 radical (unpaired) electrons. The number of esters is 1. The Morgan fingerprint density at radius 2 is 2.16 bits per heavy atom. The van der Waals surface area contributed by atoms with E-state index >= 15 is 0 Å². The lowest BCUT2D eigenvalue weighted by molar-refractivity contribution is -0.186. The molecular formula is C20H22O5. The molecule has 5 heteroatoms.